The van der Waals surface area contributed by atoms with Crippen molar-refractivity contribution in [3.05, 3.63) is 65.8 Å². The van der Waals surface area contributed by atoms with E-state index in [0.29, 0.717) is 16.2 Å². The molecular weight excluding hydrogens is 442 g/mol. The molecule has 8 nitrogen and oxygen atoms in total. The molecule has 1 aromatic heterocycles. The number of halogens is 1. The molecule has 31 heavy (non-hydrogen) atoms. The zero-order valence-electron chi connectivity index (χ0n) is 16.7. The summed E-state index contributed by atoms with van der Waals surface area (Å²) in [7, 11) is -3.97. The van der Waals surface area contributed by atoms with Gasteiger partial charge >= 0.3 is 5.97 Å². The molecule has 2 atom stereocenters. The first-order chi connectivity index (χ1) is 14.7. The lowest BCUT2D eigenvalue weighted by Crippen LogP contribution is -2.42. The maximum Gasteiger partial charge on any atom is 0.324 e. The number of benzene rings is 2. The Kier molecular flexibility index (Phi) is 6.89. The summed E-state index contributed by atoms with van der Waals surface area (Å²) in [6.07, 6.45) is 0.493. The quantitative estimate of drug-likeness (QED) is 0.522. The number of ether oxygens (including phenoxy) is 1. The lowest BCUT2D eigenvalue weighted by Gasteiger charge is -2.18. The summed E-state index contributed by atoms with van der Waals surface area (Å²) in [4.78, 5) is 29.0. The predicted octanol–water partition coefficient (Wildman–Crippen LogP) is 3.13. The number of rotatable bonds is 7. The summed E-state index contributed by atoms with van der Waals surface area (Å²) in [6, 6.07) is 13.1. The van der Waals surface area contributed by atoms with Gasteiger partial charge in [0.2, 0.25) is 10.0 Å². The Morgan fingerprint density at radius 2 is 1.74 bits per heavy atom. The van der Waals surface area contributed by atoms with E-state index in [0.717, 1.165) is 5.39 Å². The third-order valence-corrected chi connectivity index (χ3v) is 6.18. The van der Waals surface area contributed by atoms with Crippen molar-refractivity contribution in [2.45, 2.75) is 30.9 Å². The minimum absolute atomic E-state index is 0.0492. The number of amides is 1. The number of fused-ring (bicyclic) bond motifs is 1. The fourth-order valence-corrected chi connectivity index (χ4v) is 4.06. The summed E-state index contributed by atoms with van der Waals surface area (Å²) in [5.41, 5.74) is 1.23. The Balaban J connectivity index is 1.62. The Morgan fingerprint density at radius 1 is 1.03 bits per heavy atom. The molecule has 3 rings (SSSR count). The molecule has 0 bridgehead atoms. The first-order valence-electron chi connectivity index (χ1n) is 9.30. The summed E-state index contributed by atoms with van der Waals surface area (Å²) in [5, 5.41) is 3.82. The van der Waals surface area contributed by atoms with E-state index in [4.69, 9.17) is 16.3 Å². The average molecular weight is 462 g/mol. The maximum absolute atomic E-state index is 12.5. The van der Waals surface area contributed by atoms with E-state index in [-0.39, 0.29) is 4.90 Å². The number of sulfonamides is 1. The predicted molar refractivity (Wildman–Crippen MR) is 117 cm³/mol. The van der Waals surface area contributed by atoms with Gasteiger partial charge < -0.3 is 10.1 Å². The highest BCUT2D eigenvalue weighted by molar-refractivity contribution is 7.89. The van der Waals surface area contributed by atoms with E-state index in [2.05, 4.69) is 15.0 Å². The first-order valence-corrected chi connectivity index (χ1v) is 11.2. The van der Waals surface area contributed by atoms with Gasteiger partial charge in [-0.15, -0.1) is 0 Å². The zero-order chi connectivity index (χ0) is 22.6. The van der Waals surface area contributed by atoms with E-state index in [1.807, 2.05) is 12.1 Å². The molecule has 0 fully saturated rings. The maximum atomic E-state index is 12.5. The van der Waals surface area contributed by atoms with E-state index < -0.39 is 34.0 Å². The monoisotopic (exact) mass is 461 g/mol. The van der Waals surface area contributed by atoms with Crippen LogP contribution in [0.4, 0.5) is 5.69 Å². The molecule has 162 valence electrons. The van der Waals surface area contributed by atoms with Crippen LogP contribution >= 0.6 is 11.6 Å². The molecule has 2 aromatic carbocycles. The molecule has 3 aromatic rings. The fourth-order valence-electron chi connectivity index (χ4n) is 2.74. The normalized spacial score (nSPS) is 13.4. The lowest BCUT2D eigenvalue weighted by atomic mass is 10.2. The number of nitrogens with zero attached hydrogens (tertiary/aromatic N) is 1. The second-order valence-electron chi connectivity index (χ2n) is 6.74. The van der Waals surface area contributed by atoms with Gasteiger partial charge in [-0.3, -0.25) is 14.6 Å². The molecule has 0 aliphatic carbocycles. The van der Waals surface area contributed by atoms with E-state index in [1.54, 1.807) is 24.4 Å². The lowest BCUT2D eigenvalue weighted by molar-refractivity contribution is -0.154. The number of anilines is 1. The van der Waals surface area contributed by atoms with Gasteiger partial charge in [0, 0.05) is 16.6 Å². The minimum atomic E-state index is -3.97. The van der Waals surface area contributed by atoms with Crippen molar-refractivity contribution in [1.82, 2.24) is 9.71 Å². The molecule has 0 radical (unpaired) electrons. The molecule has 2 N–H and O–H groups in total. The van der Waals surface area contributed by atoms with Gasteiger partial charge in [-0.05, 0) is 62.4 Å². The van der Waals surface area contributed by atoms with E-state index >= 15 is 0 Å². The van der Waals surface area contributed by atoms with Gasteiger partial charge in [-0.2, -0.15) is 4.72 Å². The topological polar surface area (TPSA) is 114 Å². The second-order valence-corrected chi connectivity index (χ2v) is 8.89. The van der Waals surface area contributed by atoms with Crippen molar-refractivity contribution in [2.24, 2.45) is 0 Å². The van der Waals surface area contributed by atoms with Gasteiger partial charge in [0.15, 0.2) is 6.10 Å². The highest BCUT2D eigenvalue weighted by Gasteiger charge is 2.26. The molecule has 1 heterocycles. The molecule has 0 spiro atoms. The van der Waals surface area contributed by atoms with Crippen molar-refractivity contribution in [1.29, 1.82) is 0 Å². The van der Waals surface area contributed by atoms with Crippen LogP contribution in [0.3, 0.4) is 0 Å². The van der Waals surface area contributed by atoms with Crippen LogP contribution in [0.1, 0.15) is 13.8 Å². The van der Waals surface area contributed by atoms with Gasteiger partial charge in [0.05, 0.1) is 16.1 Å². The number of hydrogen-bond acceptors (Lipinski definition) is 6. The Bertz CT molecular complexity index is 1210. The first kappa shape index (κ1) is 22.7. The van der Waals surface area contributed by atoms with Crippen molar-refractivity contribution in [3.63, 3.8) is 0 Å². The summed E-state index contributed by atoms with van der Waals surface area (Å²) >= 11 is 5.76. The van der Waals surface area contributed by atoms with Crippen molar-refractivity contribution in [2.75, 3.05) is 5.32 Å². The highest BCUT2D eigenvalue weighted by atomic mass is 35.5. The van der Waals surface area contributed by atoms with Crippen LogP contribution in [0.15, 0.2) is 65.7 Å². The van der Waals surface area contributed by atoms with Gasteiger partial charge in [-0.25, -0.2) is 8.42 Å². The Labute approximate surface area is 184 Å². The Morgan fingerprint density at radius 3 is 2.45 bits per heavy atom. The number of hydrogen-bond donors (Lipinski definition) is 2. The molecule has 0 saturated carbocycles. The average Bonchev–Trinajstić information content (AvgIpc) is 2.74. The highest BCUT2D eigenvalue weighted by Crippen LogP contribution is 2.21. The van der Waals surface area contributed by atoms with Crippen LogP contribution in [0, 0.1) is 0 Å². The number of aromatic nitrogens is 1. The number of carbonyl (C=O) groups is 2. The number of nitrogens with one attached hydrogen (secondary N) is 2. The molecule has 10 heteroatoms. The van der Waals surface area contributed by atoms with Gasteiger partial charge in [0.25, 0.3) is 5.91 Å². The molecule has 0 aliphatic heterocycles. The molecular formula is C21H20ClN3O5S. The standard InChI is InChI=1S/C21H20ClN3O5S/c1-13(25-31(28,29)16-10-8-15(22)9-11-16)21(27)30-14(2)20(26)24-19-7-3-6-18-17(19)5-4-12-23-18/h3-14,25H,1-2H3,(H,24,26)/t13-,14?/m0/s1. The smallest absolute Gasteiger partial charge is 0.324 e. The second kappa shape index (κ2) is 9.42. The van der Waals surface area contributed by atoms with Crippen molar-refractivity contribution < 1.29 is 22.7 Å². The number of pyridine rings is 1. The van der Waals surface area contributed by atoms with Gasteiger partial charge in [-0.1, -0.05) is 17.7 Å². The molecule has 0 saturated heterocycles. The zero-order valence-corrected chi connectivity index (χ0v) is 18.3. The van der Waals surface area contributed by atoms with E-state index in [1.165, 1.54) is 38.1 Å². The van der Waals surface area contributed by atoms with E-state index in [9.17, 15) is 18.0 Å². The van der Waals surface area contributed by atoms with Crippen LogP contribution in [0.25, 0.3) is 10.9 Å². The number of carbonyl (C=O) groups excluding carboxylic acids is 2. The third kappa shape index (κ3) is 5.57. The Hall–Kier alpha value is -3.01. The fraction of sp³-hybridized carbons (Fsp3) is 0.190. The third-order valence-electron chi connectivity index (χ3n) is 4.38. The van der Waals surface area contributed by atoms with Crippen molar-refractivity contribution in [3.8, 4) is 0 Å². The largest absolute Gasteiger partial charge is 0.451 e. The van der Waals surface area contributed by atoms with Crippen LogP contribution in [-0.2, 0) is 24.3 Å². The molecule has 1 unspecified atom stereocenters. The molecule has 1 amide bonds. The van der Waals surface area contributed by atoms with Gasteiger partial charge in [0.1, 0.15) is 6.04 Å². The SMILES string of the molecule is CC(OC(=O)[C@H](C)NS(=O)(=O)c1ccc(Cl)cc1)C(=O)Nc1cccc2ncccc12. The summed E-state index contributed by atoms with van der Waals surface area (Å²) in [5.74, 6) is -1.45. The van der Waals surface area contributed by atoms with Crippen molar-refractivity contribution >= 4 is 50.1 Å². The van der Waals surface area contributed by atoms with Crippen LogP contribution < -0.4 is 10.0 Å². The minimum Gasteiger partial charge on any atom is -0.451 e. The van der Waals surface area contributed by atoms with Crippen LogP contribution in [-0.4, -0.2) is 37.4 Å². The summed E-state index contributed by atoms with van der Waals surface area (Å²) < 4.78 is 32.2. The molecule has 0 aliphatic rings. The van der Waals surface area contributed by atoms with Crippen LogP contribution in [0.2, 0.25) is 5.02 Å². The van der Waals surface area contributed by atoms with Crippen LogP contribution in [0.5, 0.6) is 0 Å². The summed E-state index contributed by atoms with van der Waals surface area (Å²) in [6.45, 7) is 2.73. The number of esters is 1.